The van der Waals surface area contributed by atoms with E-state index < -0.39 is 18.3 Å². The summed E-state index contributed by atoms with van der Waals surface area (Å²) in [6.07, 6.45) is 0. The lowest BCUT2D eigenvalue weighted by atomic mass is 9.76. The lowest BCUT2D eigenvalue weighted by Gasteiger charge is -2.32. The molecule has 13 aromatic rings. The van der Waals surface area contributed by atoms with Gasteiger partial charge in [-0.15, -0.1) is 0 Å². The van der Waals surface area contributed by atoms with Crippen LogP contribution in [0.5, 0.6) is 0 Å². The minimum Gasteiger partial charge on any atom is -0.456 e. The molecule has 1 aliphatic rings. The third-order valence-electron chi connectivity index (χ3n) is 14.7. The van der Waals surface area contributed by atoms with E-state index in [-0.39, 0.29) is 0 Å². The van der Waals surface area contributed by atoms with Gasteiger partial charge >= 0.3 is 7.12 Å². The van der Waals surface area contributed by atoms with Crippen molar-refractivity contribution in [1.82, 2.24) is 9.13 Å². The Hall–Kier alpha value is -7.84. The van der Waals surface area contributed by atoms with Crippen molar-refractivity contribution >= 4 is 100 Å². The van der Waals surface area contributed by atoms with Crippen LogP contribution in [0.4, 0.5) is 0 Å². The molecule has 0 unspecified atom stereocenters. The molecule has 0 bridgehead atoms. The van der Waals surface area contributed by atoms with Crippen LogP contribution in [0, 0.1) is 0 Å². The first-order chi connectivity index (χ1) is 32.7. The van der Waals surface area contributed by atoms with Gasteiger partial charge in [-0.3, -0.25) is 0 Å². The van der Waals surface area contributed by atoms with Gasteiger partial charge in [-0.1, -0.05) is 97.1 Å². The number of fused-ring (bicyclic) bond motifs is 12. The highest BCUT2D eigenvalue weighted by atomic mass is 16.7. The number of furan rings is 2. The van der Waals surface area contributed by atoms with E-state index in [1.807, 2.05) is 24.3 Å². The molecule has 5 heterocycles. The fourth-order valence-electron chi connectivity index (χ4n) is 10.6. The van der Waals surface area contributed by atoms with E-state index in [2.05, 4.69) is 201 Å². The van der Waals surface area contributed by atoms with Gasteiger partial charge < -0.3 is 27.3 Å². The average Bonchev–Trinajstić information content (AvgIpc) is 4.13. The quantitative estimate of drug-likeness (QED) is 0.162. The Morgan fingerprint density at radius 1 is 0.328 bits per heavy atom. The molecule has 1 aliphatic heterocycles. The van der Waals surface area contributed by atoms with Crippen LogP contribution in [0.15, 0.2) is 197 Å². The van der Waals surface area contributed by atoms with Gasteiger partial charge in [0.25, 0.3) is 0 Å². The van der Waals surface area contributed by atoms with E-state index in [1.54, 1.807) is 0 Å². The lowest BCUT2D eigenvalue weighted by Crippen LogP contribution is -2.41. The van der Waals surface area contributed by atoms with Crippen molar-refractivity contribution in [3.8, 4) is 33.6 Å². The average molecular weight is 867 g/mol. The van der Waals surface area contributed by atoms with Gasteiger partial charge in [-0.25, -0.2) is 0 Å². The zero-order chi connectivity index (χ0) is 44.8. The summed E-state index contributed by atoms with van der Waals surface area (Å²) in [6.45, 7) is 8.45. The fourth-order valence-corrected chi connectivity index (χ4v) is 10.6. The molecule has 0 N–H and O–H groups in total. The maximum absolute atomic E-state index is 6.77. The molecule has 4 aromatic heterocycles. The monoisotopic (exact) mass is 866 g/mol. The van der Waals surface area contributed by atoms with E-state index in [1.165, 1.54) is 0 Å². The molecule has 0 amide bonds. The number of aromatic nitrogens is 2. The summed E-state index contributed by atoms with van der Waals surface area (Å²) in [6, 6.07) is 67.4. The van der Waals surface area contributed by atoms with Crippen LogP contribution >= 0.6 is 0 Å². The first-order valence-electron chi connectivity index (χ1n) is 23.1. The van der Waals surface area contributed by atoms with Crippen LogP contribution in [0.25, 0.3) is 121 Å². The molecule has 1 saturated heterocycles. The molecule has 67 heavy (non-hydrogen) atoms. The molecule has 14 rings (SSSR count). The molecular weight excluding hydrogens is 823 g/mol. The van der Waals surface area contributed by atoms with Crippen LogP contribution in [0.1, 0.15) is 27.7 Å². The van der Waals surface area contributed by atoms with Crippen LogP contribution in [0.3, 0.4) is 0 Å². The zero-order valence-electron chi connectivity index (χ0n) is 37.5. The molecule has 1 fully saturated rings. The smallest absolute Gasteiger partial charge is 0.456 e. The summed E-state index contributed by atoms with van der Waals surface area (Å²) in [4.78, 5) is 0. The zero-order valence-corrected chi connectivity index (χ0v) is 37.5. The van der Waals surface area contributed by atoms with Gasteiger partial charge in [0.15, 0.2) is 0 Å². The summed E-state index contributed by atoms with van der Waals surface area (Å²) in [5.74, 6) is 0. The van der Waals surface area contributed by atoms with Crippen molar-refractivity contribution in [1.29, 1.82) is 0 Å². The summed E-state index contributed by atoms with van der Waals surface area (Å²) in [5.41, 5.74) is 14.6. The largest absolute Gasteiger partial charge is 0.494 e. The topological polar surface area (TPSA) is 54.6 Å². The maximum Gasteiger partial charge on any atom is 0.494 e. The van der Waals surface area contributed by atoms with Crippen molar-refractivity contribution in [3.63, 3.8) is 0 Å². The second-order valence-electron chi connectivity index (χ2n) is 19.2. The van der Waals surface area contributed by atoms with E-state index in [0.717, 1.165) is 127 Å². The van der Waals surface area contributed by atoms with E-state index in [9.17, 15) is 0 Å². The van der Waals surface area contributed by atoms with Gasteiger partial charge in [0.1, 0.15) is 22.3 Å². The highest BCUT2D eigenvalue weighted by Crippen LogP contribution is 2.43. The van der Waals surface area contributed by atoms with Crippen molar-refractivity contribution in [2.45, 2.75) is 38.9 Å². The number of para-hydroxylation sites is 4. The Morgan fingerprint density at radius 3 is 1.21 bits per heavy atom. The Bertz CT molecular complexity index is 3910. The Kier molecular flexibility index (Phi) is 7.94. The Morgan fingerprint density at radius 2 is 0.746 bits per heavy atom. The van der Waals surface area contributed by atoms with Crippen molar-refractivity contribution in [3.05, 3.63) is 188 Å². The number of hydrogen-bond acceptors (Lipinski definition) is 4. The lowest BCUT2D eigenvalue weighted by molar-refractivity contribution is 0.00578. The van der Waals surface area contributed by atoms with Crippen LogP contribution < -0.4 is 5.46 Å². The van der Waals surface area contributed by atoms with Gasteiger partial charge in [0.2, 0.25) is 0 Å². The summed E-state index contributed by atoms with van der Waals surface area (Å²) >= 11 is 0. The van der Waals surface area contributed by atoms with Gasteiger partial charge in [-0.05, 0) is 146 Å². The predicted molar refractivity (Wildman–Crippen MR) is 276 cm³/mol. The minimum absolute atomic E-state index is 0.506. The second kappa shape index (κ2) is 13.8. The third-order valence-corrected chi connectivity index (χ3v) is 14.7. The molecular formula is C60H43BN2O4. The molecule has 0 spiro atoms. The van der Waals surface area contributed by atoms with Gasteiger partial charge in [-0.2, -0.15) is 0 Å². The predicted octanol–water partition coefficient (Wildman–Crippen LogP) is 15.3. The first kappa shape index (κ1) is 38.4. The Balaban J connectivity index is 0.995. The molecule has 7 heteroatoms. The highest BCUT2D eigenvalue weighted by Gasteiger charge is 2.51. The molecule has 9 aromatic carbocycles. The standard InChI is InChI=1S/C60H43BN2O4/c1-59(2)60(3,4)67-61(66-59)40-28-38(36-23-25-51-45(30-36)47-34-57-49(43-19-11-13-21-55(43)64-57)32-53(47)62(51)41-15-7-5-8-16-41)27-39(29-40)37-24-26-52-46(31-37)48-35-58-50(44-20-12-14-22-56(44)65-58)33-54(48)63(52)42-17-9-6-10-18-42/h5-35H,1-4H3. The summed E-state index contributed by atoms with van der Waals surface area (Å²) in [5, 5.41) is 9.00. The van der Waals surface area contributed by atoms with Crippen LogP contribution in [0.2, 0.25) is 0 Å². The number of benzene rings is 9. The van der Waals surface area contributed by atoms with Crippen LogP contribution in [-0.2, 0) is 9.31 Å². The van der Waals surface area contributed by atoms with Gasteiger partial charge in [0.05, 0.1) is 33.3 Å². The fraction of sp³-hybridized carbons (Fsp3) is 0.100. The van der Waals surface area contributed by atoms with E-state index >= 15 is 0 Å². The third kappa shape index (κ3) is 5.72. The first-order valence-corrected chi connectivity index (χ1v) is 23.1. The summed E-state index contributed by atoms with van der Waals surface area (Å²) < 4.78 is 31.3. The number of nitrogens with zero attached hydrogens (tertiary/aromatic N) is 2. The van der Waals surface area contributed by atoms with Crippen molar-refractivity contribution in [2.75, 3.05) is 0 Å². The Labute approximate surface area is 386 Å². The summed E-state index contributed by atoms with van der Waals surface area (Å²) in [7, 11) is -0.557. The van der Waals surface area contributed by atoms with Gasteiger partial charge in [0, 0.05) is 54.5 Å². The highest BCUT2D eigenvalue weighted by molar-refractivity contribution is 6.62. The molecule has 0 atom stereocenters. The molecule has 6 nitrogen and oxygen atoms in total. The SMILES string of the molecule is CC1(C)OB(c2cc(-c3ccc4c(c3)c3cc5oc6ccccc6c5cc3n4-c3ccccc3)cc(-c3ccc4c(c3)c3cc5oc6ccccc6c5cc3n4-c3ccccc3)c2)OC1(C)C. The normalized spacial score (nSPS) is 15.0. The molecule has 320 valence electrons. The molecule has 0 saturated carbocycles. The molecule has 0 radical (unpaired) electrons. The van der Waals surface area contributed by atoms with Crippen molar-refractivity contribution in [2.24, 2.45) is 0 Å². The maximum atomic E-state index is 6.77. The number of rotatable bonds is 5. The molecule has 0 aliphatic carbocycles. The number of hydrogen-bond donors (Lipinski definition) is 0. The van der Waals surface area contributed by atoms with E-state index in [0.29, 0.717) is 0 Å². The van der Waals surface area contributed by atoms with E-state index in [4.69, 9.17) is 18.1 Å². The van der Waals surface area contributed by atoms with Crippen molar-refractivity contribution < 1.29 is 18.1 Å². The van der Waals surface area contributed by atoms with Crippen LogP contribution in [-0.4, -0.2) is 27.5 Å². The minimum atomic E-state index is -0.557. The second-order valence-corrected chi connectivity index (χ2v) is 19.2.